The summed E-state index contributed by atoms with van der Waals surface area (Å²) in [5.74, 6) is 0.376. The van der Waals surface area contributed by atoms with Gasteiger partial charge in [-0.15, -0.1) is 23.1 Å². The van der Waals surface area contributed by atoms with Gasteiger partial charge in [-0.1, -0.05) is 66.8 Å². The molecular formula is C32H20N2S2. The van der Waals surface area contributed by atoms with Crippen molar-refractivity contribution in [3.8, 4) is 11.3 Å². The number of nitrogens with zero attached hydrogens (tertiary/aromatic N) is 2. The maximum absolute atomic E-state index is 4.60. The molecular weight excluding hydrogens is 477 g/mol. The highest BCUT2D eigenvalue weighted by Gasteiger charge is 2.36. The average Bonchev–Trinajstić information content (AvgIpc) is 3.52. The van der Waals surface area contributed by atoms with E-state index in [0.717, 1.165) is 11.4 Å². The summed E-state index contributed by atoms with van der Waals surface area (Å²) in [4.78, 5) is 10.6. The van der Waals surface area contributed by atoms with Crippen LogP contribution >= 0.6 is 23.1 Å². The highest BCUT2D eigenvalue weighted by atomic mass is 32.2. The molecule has 2 atom stereocenters. The van der Waals surface area contributed by atoms with E-state index in [0.29, 0.717) is 11.2 Å². The molecule has 0 spiro atoms. The third-order valence-electron chi connectivity index (χ3n) is 7.32. The molecule has 3 aromatic carbocycles. The van der Waals surface area contributed by atoms with Gasteiger partial charge in [0.15, 0.2) is 0 Å². The predicted molar refractivity (Wildman–Crippen MR) is 154 cm³/mol. The Hall–Kier alpha value is -3.73. The molecule has 8 rings (SSSR count). The molecule has 0 saturated heterocycles. The van der Waals surface area contributed by atoms with E-state index in [1.54, 1.807) is 0 Å². The van der Waals surface area contributed by atoms with Gasteiger partial charge in [-0.3, -0.25) is 9.97 Å². The van der Waals surface area contributed by atoms with Crippen LogP contribution in [0.4, 0.5) is 0 Å². The van der Waals surface area contributed by atoms with Gasteiger partial charge >= 0.3 is 0 Å². The number of fused-ring (bicyclic) bond motifs is 10. The van der Waals surface area contributed by atoms with Gasteiger partial charge < -0.3 is 0 Å². The molecule has 0 saturated carbocycles. The minimum atomic E-state index is 0.376. The molecule has 170 valence electrons. The molecule has 2 nitrogen and oxygen atoms in total. The second-order valence-corrected chi connectivity index (χ2v) is 11.6. The highest BCUT2D eigenvalue weighted by Crippen LogP contribution is 2.57. The van der Waals surface area contributed by atoms with Gasteiger partial charge in [-0.25, -0.2) is 0 Å². The van der Waals surface area contributed by atoms with Crippen LogP contribution in [0, 0.1) is 0 Å². The van der Waals surface area contributed by atoms with Crippen molar-refractivity contribution >= 4 is 59.6 Å². The van der Waals surface area contributed by atoms with Crippen LogP contribution in [0.2, 0.25) is 0 Å². The van der Waals surface area contributed by atoms with Gasteiger partial charge in [-0.2, -0.15) is 0 Å². The Labute approximate surface area is 217 Å². The van der Waals surface area contributed by atoms with Gasteiger partial charge in [0.25, 0.3) is 0 Å². The van der Waals surface area contributed by atoms with E-state index >= 15 is 0 Å². The number of rotatable bonds is 2. The highest BCUT2D eigenvalue weighted by molar-refractivity contribution is 8.00. The average molecular weight is 497 g/mol. The molecule has 0 bridgehead atoms. The lowest BCUT2D eigenvalue weighted by atomic mass is 9.85. The van der Waals surface area contributed by atoms with Crippen molar-refractivity contribution in [2.24, 2.45) is 0 Å². The molecule has 6 aromatic rings. The number of thiophene rings is 1. The van der Waals surface area contributed by atoms with Crippen LogP contribution in [0.25, 0.3) is 47.8 Å². The van der Waals surface area contributed by atoms with Crippen LogP contribution in [0.1, 0.15) is 17.2 Å². The lowest BCUT2D eigenvalue weighted by Crippen LogP contribution is -2.09. The van der Waals surface area contributed by atoms with E-state index in [4.69, 9.17) is 0 Å². The monoisotopic (exact) mass is 496 g/mol. The van der Waals surface area contributed by atoms with Crippen molar-refractivity contribution in [2.45, 2.75) is 16.1 Å². The van der Waals surface area contributed by atoms with Gasteiger partial charge in [0, 0.05) is 49.5 Å². The summed E-state index contributed by atoms with van der Waals surface area (Å²) in [5, 5.41) is 5.85. The van der Waals surface area contributed by atoms with Crippen LogP contribution in [0.15, 0.2) is 114 Å². The number of pyridine rings is 2. The summed E-state index contributed by atoms with van der Waals surface area (Å²) >= 11 is 3.95. The smallest absolute Gasteiger partial charge is 0.0702 e. The van der Waals surface area contributed by atoms with E-state index in [-0.39, 0.29) is 0 Å². The fraction of sp³-hybridized carbons (Fsp3) is 0.0625. The van der Waals surface area contributed by atoms with Crippen molar-refractivity contribution < 1.29 is 0 Å². The second-order valence-electron chi connectivity index (χ2n) is 9.32. The Morgan fingerprint density at radius 1 is 0.722 bits per heavy atom. The first-order chi connectivity index (χ1) is 17.8. The Balaban J connectivity index is 1.36. The minimum absolute atomic E-state index is 0.376. The van der Waals surface area contributed by atoms with Crippen LogP contribution < -0.4 is 0 Å². The van der Waals surface area contributed by atoms with Crippen molar-refractivity contribution in [1.29, 1.82) is 0 Å². The first kappa shape index (κ1) is 20.5. The molecule has 2 unspecified atom stereocenters. The topological polar surface area (TPSA) is 25.8 Å². The van der Waals surface area contributed by atoms with E-state index in [1.807, 2.05) is 47.6 Å². The molecule has 2 aliphatic rings. The lowest BCUT2D eigenvalue weighted by molar-refractivity contribution is 0.894. The van der Waals surface area contributed by atoms with Crippen molar-refractivity contribution in [3.05, 3.63) is 121 Å². The molecule has 1 aliphatic carbocycles. The zero-order valence-corrected chi connectivity index (χ0v) is 20.9. The Kier molecular flexibility index (Phi) is 4.48. The summed E-state index contributed by atoms with van der Waals surface area (Å²) in [6, 6.07) is 28.0. The van der Waals surface area contributed by atoms with E-state index in [2.05, 4.69) is 94.9 Å². The zero-order valence-electron chi connectivity index (χ0n) is 19.3. The number of aromatic nitrogens is 2. The second kappa shape index (κ2) is 7.89. The first-order valence-corrected chi connectivity index (χ1v) is 13.8. The summed E-state index contributed by atoms with van der Waals surface area (Å²) in [7, 11) is 0. The van der Waals surface area contributed by atoms with E-state index in [1.165, 1.54) is 52.5 Å². The fourth-order valence-corrected chi connectivity index (χ4v) is 8.63. The maximum Gasteiger partial charge on any atom is 0.0702 e. The molecule has 0 radical (unpaired) electrons. The third kappa shape index (κ3) is 2.98. The molecule has 36 heavy (non-hydrogen) atoms. The van der Waals surface area contributed by atoms with Crippen molar-refractivity contribution in [2.75, 3.05) is 0 Å². The zero-order chi connectivity index (χ0) is 23.6. The first-order valence-electron chi connectivity index (χ1n) is 12.2. The van der Waals surface area contributed by atoms with Crippen LogP contribution in [0.5, 0.6) is 0 Å². The SMILES string of the molecule is C1=CC2c3c(c4sc5cc(-c6ccccn6)ccc5c4c4ccccc34)SC2C=C1c1ccccn1. The van der Waals surface area contributed by atoms with Crippen molar-refractivity contribution in [1.82, 2.24) is 9.97 Å². The minimum Gasteiger partial charge on any atom is -0.256 e. The van der Waals surface area contributed by atoms with Crippen LogP contribution in [-0.4, -0.2) is 15.2 Å². The summed E-state index contributed by atoms with van der Waals surface area (Å²) in [6.07, 6.45) is 10.8. The predicted octanol–water partition coefficient (Wildman–Crippen LogP) is 8.88. The normalized spacial score (nSPS) is 18.5. The van der Waals surface area contributed by atoms with Gasteiger partial charge in [-0.05, 0) is 52.2 Å². The molecule has 4 heteroatoms. The van der Waals surface area contributed by atoms with Gasteiger partial charge in [0.1, 0.15) is 0 Å². The molecule has 0 N–H and O–H groups in total. The standard InChI is InChI=1S/C32H20N2S2/c1-2-8-22-21(7-1)29-23-13-11-19(25-9-3-5-15-33-25)17-27(23)35-31(29)32-30(22)24-14-12-20(18-28(24)36-32)26-10-4-6-16-34-26/h1-18,23,27H. The summed E-state index contributed by atoms with van der Waals surface area (Å²) < 4.78 is 2.74. The fourth-order valence-electron chi connectivity index (χ4n) is 5.71. The summed E-state index contributed by atoms with van der Waals surface area (Å²) in [6.45, 7) is 0. The quantitative estimate of drug-likeness (QED) is 0.239. The molecule has 1 aliphatic heterocycles. The molecule has 4 heterocycles. The Bertz CT molecular complexity index is 1870. The molecule has 3 aromatic heterocycles. The summed E-state index contributed by atoms with van der Waals surface area (Å²) in [5.41, 5.74) is 5.93. The lowest BCUT2D eigenvalue weighted by Gasteiger charge is -2.19. The number of benzene rings is 3. The van der Waals surface area contributed by atoms with Gasteiger partial charge in [0.05, 0.1) is 16.1 Å². The van der Waals surface area contributed by atoms with E-state index in [9.17, 15) is 0 Å². The van der Waals surface area contributed by atoms with Crippen LogP contribution in [0.3, 0.4) is 0 Å². The van der Waals surface area contributed by atoms with E-state index < -0.39 is 0 Å². The number of hydrogen-bond acceptors (Lipinski definition) is 4. The van der Waals surface area contributed by atoms with Gasteiger partial charge in [0.2, 0.25) is 0 Å². The maximum atomic E-state index is 4.60. The Morgan fingerprint density at radius 2 is 1.50 bits per heavy atom. The number of thioether (sulfide) groups is 1. The molecule has 0 amide bonds. The Morgan fingerprint density at radius 3 is 2.31 bits per heavy atom. The van der Waals surface area contributed by atoms with Crippen LogP contribution in [-0.2, 0) is 0 Å². The number of hydrogen-bond donors (Lipinski definition) is 0. The van der Waals surface area contributed by atoms with Crippen molar-refractivity contribution in [3.63, 3.8) is 0 Å². The largest absolute Gasteiger partial charge is 0.256 e. The third-order valence-corrected chi connectivity index (χ3v) is 9.98. The molecule has 0 fully saturated rings. The number of allylic oxidation sites excluding steroid dienone is 3.